The molecule has 0 bridgehead atoms. The van der Waals surface area contributed by atoms with Gasteiger partial charge in [-0.1, -0.05) is 37.2 Å². The Morgan fingerprint density at radius 3 is 2.71 bits per heavy atom. The minimum absolute atomic E-state index is 0.0862. The number of sulfonamides is 1. The number of aliphatic hydroxyl groups is 1. The van der Waals surface area contributed by atoms with Crippen molar-refractivity contribution in [3.8, 4) is 0 Å². The summed E-state index contributed by atoms with van der Waals surface area (Å²) in [6.07, 6.45) is 1.87. The smallest absolute Gasteiger partial charge is 0.209 e. The zero-order valence-electron chi connectivity index (χ0n) is 19.0. The van der Waals surface area contributed by atoms with Gasteiger partial charge < -0.3 is 15.0 Å². The summed E-state index contributed by atoms with van der Waals surface area (Å²) in [4.78, 5) is 20.2. The number of H-pyrrole nitrogens is 1. The molecule has 1 aliphatic rings. The van der Waals surface area contributed by atoms with E-state index in [1.807, 2.05) is 36.1 Å². The molecule has 0 radical (unpaired) electrons. The number of anilines is 1. The van der Waals surface area contributed by atoms with E-state index in [9.17, 15) is 13.5 Å². The van der Waals surface area contributed by atoms with Gasteiger partial charge in [0, 0.05) is 29.1 Å². The molecule has 0 atom stereocenters. The van der Waals surface area contributed by atoms with Crippen molar-refractivity contribution in [2.75, 3.05) is 24.2 Å². The molecule has 4 aromatic rings. The lowest BCUT2D eigenvalue weighted by atomic mass is 10.1. The zero-order valence-corrected chi connectivity index (χ0v) is 21.4. The van der Waals surface area contributed by atoms with E-state index in [0.29, 0.717) is 46.8 Å². The summed E-state index contributed by atoms with van der Waals surface area (Å²) in [6, 6.07) is 9.24. The first kappa shape index (κ1) is 23.9. The van der Waals surface area contributed by atoms with E-state index in [1.54, 1.807) is 6.07 Å². The lowest BCUT2D eigenvalue weighted by Crippen LogP contribution is -2.59. The van der Waals surface area contributed by atoms with Gasteiger partial charge in [0.15, 0.2) is 5.16 Å². The number of benzene rings is 1. The van der Waals surface area contributed by atoms with Crippen LogP contribution in [0.4, 0.5) is 5.82 Å². The lowest BCUT2D eigenvalue weighted by molar-refractivity contribution is 0.468. The van der Waals surface area contributed by atoms with Gasteiger partial charge in [-0.2, -0.15) is 0 Å². The molecular weight excluding hydrogens is 508 g/mol. The van der Waals surface area contributed by atoms with Crippen LogP contribution in [0.1, 0.15) is 18.3 Å². The maximum atomic E-state index is 11.6. The molecule has 12 heteroatoms. The van der Waals surface area contributed by atoms with Crippen molar-refractivity contribution in [3.63, 3.8) is 0 Å². The molecule has 0 aliphatic carbocycles. The number of nitrogens with one attached hydrogen (secondary N) is 2. The first-order valence-electron chi connectivity index (χ1n) is 10.9. The first-order valence-corrected chi connectivity index (χ1v) is 14.0. The van der Waals surface area contributed by atoms with Gasteiger partial charge in [0.05, 0.1) is 28.2 Å². The molecule has 0 amide bonds. The van der Waals surface area contributed by atoms with E-state index in [0.717, 1.165) is 33.1 Å². The topological polar surface area (TPSA) is 124 Å². The highest BCUT2D eigenvalue weighted by atomic mass is 35.5. The fraction of sp³-hybridized carbons (Fsp3) is 0.261. The van der Waals surface area contributed by atoms with E-state index in [2.05, 4.69) is 21.3 Å². The number of rotatable bonds is 7. The number of aromatic amines is 1. The second-order valence-electron chi connectivity index (χ2n) is 8.42. The summed E-state index contributed by atoms with van der Waals surface area (Å²) in [5.74, 6) is 0.583. The summed E-state index contributed by atoms with van der Waals surface area (Å²) in [5.41, 5.74) is 2.65. The summed E-state index contributed by atoms with van der Waals surface area (Å²) >= 11 is 8.04. The maximum absolute atomic E-state index is 11.6. The van der Waals surface area contributed by atoms with Crippen LogP contribution < -0.4 is 9.62 Å². The predicted molar refractivity (Wildman–Crippen MR) is 140 cm³/mol. The Morgan fingerprint density at radius 1 is 1.29 bits per heavy atom. The molecule has 0 unspecified atom stereocenters. The molecule has 1 saturated heterocycles. The number of hydrogen-bond donors (Lipinski definition) is 3. The fourth-order valence-electron chi connectivity index (χ4n) is 4.04. The van der Waals surface area contributed by atoms with Gasteiger partial charge in [-0.15, -0.1) is 0 Å². The van der Waals surface area contributed by atoms with Crippen LogP contribution in [0.3, 0.4) is 0 Å². The van der Waals surface area contributed by atoms with Gasteiger partial charge >= 0.3 is 0 Å². The number of pyridine rings is 1. The zero-order chi connectivity index (χ0) is 24.9. The molecule has 3 N–H and O–H groups in total. The maximum Gasteiger partial charge on any atom is 0.209 e. The van der Waals surface area contributed by atoms with E-state index >= 15 is 0 Å². The molecule has 4 heterocycles. The minimum Gasteiger partial charge on any atom is -0.506 e. The Morgan fingerprint density at radius 2 is 2.03 bits per heavy atom. The predicted octanol–water partition coefficient (Wildman–Crippen LogP) is 4.14. The van der Waals surface area contributed by atoms with Gasteiger partial charge in [0.2, 0.25) is 10.0 Å². The number of aromatic nitrogens is 4. The first-order chi connectivity index (χ1) is 16.6. The van der Waals surface area contributed by atoms with Crippen molar-refractivity contribution in [1.82, 2.24) is 24.7 Å². The number of nitrogens with zero attached hydrogens (tertiary/aromatic N) is 4. The summed E-state index contributed by atoms with van der Waals surface area (Å²) in [5, 5.41) is 12.5. The SMILES string of the molecule is C=C(O)c1ccc2ccc(Sc3nc(N4CC(NS(C)(=O)=O)C4)c4c(Cl)c(CC)[nH]c4n3)cc2n1. The second kappa shape index (κ2) is 8.98. The molecule has 35 heavy (non-hydrogen) atoms. The molecule has 182 valence electrons. The molecule has 1 fully saturated rings. The molecule has 1 aliphatic heterocycles. The van der Waals surface area contributed by atoms with E-state index < -0.39 is 10.0 Å². The largest absolute Gasteiger partial charge is 0.506 e. The number of aliphatic hydroxyl groups excluding tert-OH is 1. The van der Waals surface area contributed by atoms with Crippen LogP contribution in [0.2, 0.25) is 5.02 Å². The van der Waals surface area contributed by atoms with Crippen molar-refractivity contribution in [2.45, 2.75) is 29.4 Å². The summed E-state index contributed by atoms with van der Waals surface area (Å²) in [7, 11) is -3.29. The number of aryl methyl sites for hydroxylation is 1. The minimum atomic E-state index is -3.29. The van der Waals surface area contributed by atoms with Crippen molar-refractivity contribution >= 4 is 66.9 Å². The van der Waals surface area contributed by atoms with Gasteiger partial charge in [-0.05, 0) is 36.4 Å². The summed E-state index contributed by atoms with van der Waals surface area (Å²) in [6.45, 7) is 6.52. The fourth-order valence-corrected chi connectivity index (χ4v) is 5.94. The molecule has 1 aromatic carbocycles. The normalized spacial score (nSPS) is 14.5. The van der Waals surface area contributed by atoms with Crippen LogP contribution in [0, 0.1) is 0 Å². The van der Waals surface area contributed by atoms with Crippen LogP contribution >= 0.6 is 23.4 Å². The molecule has 9 nitrogen and oxygen atoms in total. The van der Waals surface area contributed by atoms with Gasteiger partial charge in [-0.3, -0.25) is 0 Å². The van der Waals surface area contributed by atoms with Crippen LogP contribution in [-0.2, 0) is 16.4 Å². The summed E-state index contributed by atoms with van der Waals surface area (Å²) < 4.78 is 25.8. The number of halogens is 1. The van der Waals surface area contributed by atoms with Gasteiger partial charge in [-0.25, -0.2) is 28.1 Å². The third-order valence-electron chi connectivity index (χ3n) is 5.71. The van der Waals surface area contributed by atoms with Gasteiger partial charge in [0.25, 0.3) is 0 Å². The average molecular weight is 531 g/mol. The highest BCUT2D eigenvalue weighted by Gasteiger charge is 2.32. The van der Waals surface area contributed by atoms with Gasteiger partial charge in [0.1, 0.15) is 22.9 Å². The van der Waals surface area contributed by atoms with Crippen LogP contribution in [0.15, 0.2) is 47.0 Å². The van der Waals surface area contributed by atoms with E-state index in [1.165, 1.54) is 11.8 Å². The number of fused-ring (bicyclic) bond motifs is 2. The highest BCUT2D eigenvalue weighted by molar-refractivity contribution is 7.99. The highest BCUT2D eigenvalue weighted by Crippen LogP contribution is 2.38. The quantitative estimate of drug-likeness (QED) is 0.240. The van der Waals surface area contributed by atoms with Crippen LogP contribution in [0.5, 0.6) is 0 Å². The molecule has 0 saturated carbocycles. The lowest BCUT2D eigenvalue weighted by Gasteiger charge is -2.40. The second-order valence-corrected chi connectivity index (χ2v) is 11.6. The van der Waals surface area contributed by atoms with Crippen LogP contribution in [0.25, 0.3) is 27.7 Å². The van der Waals surface area contributed by atoms with E-state index in [-0.39, 0.29) is 11.8 Å². The van der Waals surface area contributed by atoms with Crippen molar-refractivity contribution in [2.24, 2.45) is 0 Å². The van der Waals surface area contributed by atoms with Crippen molar-refractivity contribution in [1.29, 1.82) is 0 Å². The Bertz CT molecular complexity index is 1580. The number of hydrogen-bond acceptors (Lipinski definition) is 8. The molecule has 5 rings (SSSR count). The van der Waals surface area contributed by atoms with E-state index in [4.69, 9.17) is 21.6 Å². The third kappa shape index (κ3) is 4.81. The Hall–Kier alpha value is -2.86. The Kier molecular flexibility index (Phi) is 6.12. The molecule has 0 spiro atoms. The van der Waals surface area contributed by atoms with Crippen LogP contribution in [-0.4, -0.2) is 58.8 Å². The Labute approximate surface area is 211 Å². The monoisotopic (exact) mass is 530 g/mol. The third-order valence-corrected chi connectivity index (χ3v) is 7.74. The standard InChI is InChI=1S/C23H23ClN6O3S2/c1-4-16-20(24)19-21(26-16)27-23(28-22(19)30-10-14(11-30)29-35(3,32)33)34-15-7-5-13-6-8-17(12(2)31)25-18(13)9-15/h5-9,14,29,31H,2,4,10-11H2,1,3H3,(H,26,27,28). The van der Waals surface area contributed by atoms with Crippen molar-refractivity contribution < 1.29 is 13.5 Å². The Balaban J connectivity index is 1.50. The average Bonchev–Trinajstić information content (AvgIpc) is 3.10. The van der Waals surface area contributed by atoms with Crippen molar-refractivity contribution in [3.05, 3.63) is 53.3 Å². The molecule has 3 aromatic heterocycles. The molecular formula is C23H23ClN6O3S2.